The smallest absolute Gasteiger partial charge is 0.418 e. The van der Waals surface area contributed by atoms with Crippen molar-refractivity contribution >= 4 is 29.4 Å². The van der Waals surface area contributed by atoms with Crippen LogP contribution in [0.5, 0.6) is 0 Å². The van der Waals surface area contributed by atoms with Crippen LogP contribution in [0.4, 0.5) is 18.9 Å². The van der Waals surface area contributed by atoms with Crippen LogP contribution in [0.25, 0.3) is 6.08 Å². The third-order valence-electron chi connectivity index (χ3n) is 6.94. The van der Waals surface area contributed by atoms with Crippen molar-refractivity contribution in [1.82, 2.24) is 4.90 Å². The van der Waals surface area contributed by atoms with Crippen molar-refractivity contribution in [2.24, 2.45) is 11.8 Å². The Morgan fingerprint density at radius 3 is 2.34 bits per heavy atom. The van der Waals surface area contributed by atoms with E-state index in [-0.39, 0.29) is 5.76 Å². The van der Waals surface area contributed by atoms with E-state index in [1.54, 1.807) is 29.3 Å². The Balaban J connectivity index is 1.52. The van der Waals surface area contributed by atoms with Crippen molar-refractivity contribution in [3.63, 3.8) is 0 Å². The third-order valence-corrected chi connectivity index (χ3v) is 6.94. The van der Waals surface area contributed by atoms with Crippen LogP contribution in [0, 0.1) is 11.8 Å². The lowest BCUT2D eigenvalue weighted by Gasteiger charge is -2.35. The molecule has 35 heavy (non-hydrogen) atoms. The van der Waals surface area contributed by atoms with E-state index in [9.17, 15) is 27.6 Å². The first-order valence-electron chi connectivity index (χ1n) is 11.0. The van der Waals surface area contributed by atoms with Crippen molar-refractivity contribution < 1.29 is 32.0 Å². The summed E-state index contributed by atoms with van der Waals surface area (Å²) in [6, 6.07) is 12.9. The van der Waals surface area contributed by atoms with Gasteiger partial charge in [-0.25, -0.2) is 4.90 Å². The zero-order valence-electron chi connectivity index (χ0n) is 18.0. The SMILES string of the molecule is O=C(c1ccco1)[C@@H]1[C@@H]2C(=O)N(c3ccccc3C(F)(F)F)C(=O)[C@H]2[C@H]2c3ccccc3C=CN12. The third kappa shape index (κ3) is 3.00. The molecule has 6 nitrogen and oxygen atoms in total. The number of amides is 2. The molecule has 3 aromatic rings. The van der Waals surface area contributed by atoms with E-state index in [1.807, 2.05) is 12.1 Å². The Kier molecular flexibility index (Phi) is 4.54. The number of halogens is 3. The molecule has 176 valence electrons. The van der Waals surface area contributed by atoms with Gasteiger partial charge in [0.05, 0.1) is 35.4 Å². The summed E-state index contributed by atoms with van der Waals surface area (Å²) in [5.41, 5.74) is -0.0731. The molecular weight excluding hydrogens is 461 g/mol. The zero-order valence-corrected chi connectivity index (χ0v) is 18.0. The number of anilines is 1. The normalized spacial score (nSPS) is 25.0. The summed E-state index contributed by atoms with van der Waals surface area (Å²) < 4.78 is 46.6. The predicted molar refractivity (Wildman–Crippen MR) is 118 cm³/mol. The fourth-order valence-electron chi connectivity index (χ4n) is 5.57. The number of alkyl halides is 3. The number of para-hydroxylation sites is 1. The van der Waals surface area contributed by atoms with E-state index in [2.05, 4.69) is 0 Å². The minimum atomic E-state index is -4.77. The molecule has 3 aliphatic heterocycles. The lowest BCUT2D eigenvalue weighted by Crippen LogP contribution is -2.44. The number of furan rings is 1. The number of hydrogen-bond acceptors (Lipinski definition) is 5. The molecule has 2 saturated heterocycles. The molecule has 6 rings (SSSR count). The van der Waals surface area contributed by atoms with Gasteiger partial charge in [-0.05, 0) is 41.5 Å². The molecule has 4 heterocycles. The van der Waals surface area contributed by atoms with Gasteiger partial charge in [0.2, 0.25) is 17.6 Å². The molecule has 2 fully saturated rings. The van der Waals surface area contributed by atoms with Crippen molar-refractivity contribution in [2.75, 3.05) is 4.90 Å². The van der Waals surface area contributed by atoms with Crippen LogP contribution in [-0.2, 0) is 15.8 Å². The topological polar surface area (TPSA) is 70.8 Å². The maximum absolute atomic E-state index is 13.8. The first-order chi connectivity index (χ1) is 16.8. The lowest BCUT2D eigenvalue weighted by molar-refractivity contribution is -0.137. The molecule has 0 aliphatic carbocycles. The van der Waals surface area contributed by atoms with Crippen LogP contribution >= 0.6 is 0 Å². The first kappa shape index (κ1) is 21.4. The van der Waals surface area contributed by atoms with Gasteiger partial charge in [-0.1, -0.05) is 36.4 Å². The highest BCUT2D eigenvalue weighted by Gasteiger charge is 2.65. The van der Waals surface area contributed by atoms with Gasteiger partial charge >= 0.3 is 6.18 Å². The Hall–Kier alpha value is -4.14. The molecule has 0 saturated carbocycles. The molecular formula is C26H17F3N2O4. The van der Waals surface area contributed by atoms with Crippen molar-refractivity contribution in [1.29, 1.82) is 0 Å². The van der Waals surface area contributed by atoms with Crippen LogP contribution in [0.2, 0.25) is 0 Å². The largest absolute Gasteiger partial charge is 0.461 e. The van der Waals surface area contributed by atoms with Crippen molar-refractivity contribution in [3.8, 4) is 0 Å². The maximum atomic E-state index is 13.8. The quantitative estimate of drug-likeness (QED) is 0.403. The number of nitrogens with zero attached hydrogens (tertiary/aromatic N) is 2. The summed E-state index contributed by atoms with van der Waals surface area (Å²) in [5, 5.41) is 0. The number of hydrogen-bond donors (Lipinski definition) is 0. The minimum Gasteiger partial charge on any atom is -0.461 e. The summed E-state index contributed by atoms with van der Waals surface area (Å²) in [5.74, 6) is -4.31. The maximum Gasteiger partial charge on any atom is 0.418 e. The van der Waals surface area contributed by atoms with Crippen molar-refractivity contribution in [2.45, 2.75) is 18.3 Å². The van der Waals surface area contributed by atoms with Gasteiger partial charge in [0.15, 0.2) is 5.76 Å². The average Bonchev–Trinajstić information content (AvgIpc) is 3.55. The Morgan fingerprint density at radius 2 is 1.60 bits per heavy atom. The molecule has 0 radical (unpaired) electrons. The fraction of sp³-hybridized carbons (Fsp3) is 0.192. The van der Waals surface area contributed by atoms with E-state index in [0.717, 1.165) is 23.3 Å². The summed E-state index contributed by atoms with van der Waals surface area (Å²) in [6.45, 7) is 0. The Labute approximate surface area is 197 Å². The molecule has 0 unspecified atom stereocenters. The summed E-state index contributed by atoms with van der Waals surface area (Å²) in [6.07, 6.45) is 0.0167. The second-order valence-corrected chi connectivity index (χ2v) is 8.70. The number of ketones is 1. The van der Waals surface area contributed by atoms with Gasteiger partial charge in [0, 0.05) is 6.20 Å². The van der Waals surface area contributed by atoms with E-state index in [0.29, 0.717) is 4.90 Å². The van der Waals surface area contributed by atoms with E-state index in [1.165, 1.54) is 30.5 Å². The van der Waals surface area contributed by atoms with Crippen LogP contribution in [-0.4, -0.2) is 28.5 Å². The van der Waals surface area contributed by atoms with E-state index >= 15 is 0 Å². The molecule has 1 aromatic heterocycles. The molecule has 9 heteroatoms. The van der Waals surface area contributed by atoms with Gasteiger partial charge in [0.25, 0.3) is 0 Å². The molecule has 2 aromatic carbocycles. The number of carbonyl (C=O) groups is 3. The van der Waals surface area contributed by atoms with Crippen LogP contribution < -0.4 is 4.90 Å². The van der Waals surface area contributed by atoms with Gasteiger partial charge in [-0.15, -0.1) is 0 Å². The minimum absolute atomic E-state index is 0.0102. The highest BCUT2D eigenvalue weighted by molar-refractivity contribution is 6.25. The molecule has 0 N–H and O–H groups in total. The second kappa shape index (κ2) is 7.43. The molecule has 0 spiro atoms. The van der Waals surface area contributed by atoms with Gasteiger partial charge in [-0.3, -0.25) is 14.4 Å². The first-order valence-corrected chi connectivity index (χ1v) is 11.0. The average molecular weight is 478 g/mol. The van der Waals surface area contributed by atoms with Gasteiger partial charge in [-0.2, -0.15) is 13.2 Å². The lowest BCUT2D eigenvalue weighted by atomic mass is 9.84. The summed E-state index contributed by atoms with van der Waals surface area (Å²) >= 11 is 0. The number of benzene rings is 2. The highest BCUT2D eigenvalue weighted by atomic mass is 19.4. The Morgan fingerprint density at radius 1 is 0.886 bits per heavy atom. The summed E-state index contributed by atoms with van der Waals surface area (Å²) in [7, 11) is 0. The van der Waals surface area contributed by atoms with Crippen molar-refractivity contribution in [3.05, 3.63) is 95.6 Å². The van der Waals surface area contributed by atoms with E-state index < -0.39 is 58.9 Å². The number of Topliss-reactive ketones (excluding diaryl/α,β-unsaturated/α-hetero) is 1. The van der Waals surface area contributed by atoms with Crippen LogP contribution in [0.15, 0.2) is 77.5 Å². The summed E-state index contributed by atoms with van der Waals surface area (Å²) in [4.78, 5) is 43.3. The standard InChI is InChI=1S/C26H17F3N2O4/c27-26(28,29)16-8-3-4-9-17(16)31-24(33)19-20(25(31)34)22(23(32)18-10-5-13-35-18)30-12-11-14-6-1-2-7-15(14)21(19)30/h1-13,19-22H/t19-,20-,21-,22+/m1/s1. The molecule has 0 bridgehead atoms. The molecule has 4 atom stereocenters. The van der Waals surface area contributed by atoms with Gasteiger partial charge in [0.1, 0.15) is 6.04 Å². The van der Waals surface area contributed by atoms with Crippen LogP contribution in [0.1, 0.15) is 33.3 Å². The zero-order chi connectivity index (χ0) is 24.5. The predicted octanol–water partition coefficient (Wildman–Crippen LogP) is 4.70. The number of carbonyl (C=O) groups excluding carboxylic acids is 3. The number of rotatable bonds is 3. The van der Waals surface area contributed by atoms with E-state index in [4.69, 9.17) is 4.42 Å². The Bertz CT molecular complexity index is 1400. The van der Waals surface area contributed by atoms with Crippen LogP contribution in [0.3, 0.4) is 0 Å². The molecule has 2 amide bonds. The van der Waals surface area contributed by atoms with Gasteiger partial charge < -0.3 is 9.32 Å². The monoisotopic (exact) mass is 478 g/mol. The highest BCUT2D eigenvalue weighted by Crippen LogP contribution is 2.54. The number of imide groups is 1. The number of fused-ring (bicyclic) bond motifs is 5. The second-order valence-electron chi connectivity index (χ2n) is 8.70. The fourth-order valence-corrected chi connectivity index (χ4v) is 5.57. The molecule has 3 aliphatic rings.